The fraction of sp³-hybridized carbons (Fsp3) is 0.267. The molecule has 0 bridgehead atoms. The van der Waals surface area contributed by atoms with Crippen molar-refractivity contribution in [2.45, 2.75) is 6.92 Å². The lowest BCUT2D eigenvalue weighted by Gasteiger charge is -2.14. The van der Waals surface area contributed by atoms with Crippen LogP contribution in [0, 0.1) is 0 Å². The molecule has 0 radical (unpaired) electrons. The van der Waals surface area contributed by atoms with Gasteiger partial charge in [0.15, 0.2) is 0 Å². The standard InChI is InChI=1S/C15H19N3O/c1-4-16-15-11-14(8-9-17-15)19-13-7-5-6-12(10-13)18(2)3/h5-11H,4H2,1-3H3,(H,16,17). The van der Waals surface area contributed by atoms with Crippen LogP contribution < -0.4 is 15.0 Å². The number of nitrogens with zero attached hydrogens (tertiary/aromatic N) is 2. The number of pyridine rings is 1. The minimum atomic E-state index is 0.779. The summed E-state index contributed by atoms with van der Waals surface area (Å²) in [6.45, 7) is 2.88. The van der Waals surface area contributed by atoms with E-state index in [0.29, 0.717) is 0 Å². The van der Waals surface area contributed by atoms with Gasteiger partial charge in [0, 0.05) is 44.7 Å². The van der Waals surface area contributed by atoms with Crippen LogP contribution in [0.3, 0.4) is 0 Å². The first-order valence-electron chi connectivity index (χ1n) is 6.34. The van der Waals surface area contributed by atoms with Gasteiger partial charge in [0.05, 0.1) is 0 Å². The Morgan fingerprint density at radius 2 is 1.95 bits per heavy atom. The maximum Gasteiger partial charge on any atom is 0.132 e. The number of rotatable bonds is 5. The van der Waals surface area contributed by atoms with Crippen molar-refractivity contribution in [2.24, 2.45) is 0 Å². The molecule has 1 N–H and O–H groups in total. The van der Waals surface area contributed by atoms with E-state index >= 15 is 0 Å². The summed E-state index contributed by atoms with van der Waals surface area (Å²) < 4.78 is 5.85. The molecule has 0 amide bonds. The number of hydrogen-bond acceptors (Lipinski definition) is 4. The Morgan fingerprint density at radius 3 is 2.68 bits per heavy atom. The van der Waals surface area contributed by atoms with Gasteiger partial charge < -0.3 is 15.0 Å². The Morgan fingerprint density at radius 1 is 1.16 bits per heavy atom. The highest BCUT2D eigenvalue weighted by Gasteiger charge is 2.02. The number of anilines is 2. The minimum absolute atomic E-state index is 0.779. The molecule has 0 unspecified atom stereocenters. The molecule has 4 heteroatoms. The van der Waals surface area contributed by atoms with Crippen LogP contribution in [0.15, 0.2) is 42.6 Å². The van der Waals surface area contributed by atoms with Crippen LogP contribution in [0.2, 0.25) is 0 Å². The zero-order valence-corrected chi connectivity index (χ0v) is 11.6. The number of hydrogen-bond donors (Lipinski definition) is 1. The van der Waals surface area contributed by atoms with E-state index in [9.17, 15) is 0 Å². The van der Waals surface area contributed by atoms with Gasteiger partial charge in [0.1, 0.15) is 17.3 Å². The fourth-order valence-electron chi connectivity index (χ4n) is 1.71. The van der Waals surface area contributed by atoms with Crippen molar-refractivity contribution in [3.63, 3.8) is 0 Å². The quantitative estimate of drug-likeness (QED) is 0.891. The van der Waals surface area contributed by atoms with E-state index in [0.717, 1.165) is 29.5 Å². The molecule has 0 atom stereocenters. The lowest BCUT2D eigenvalue weighted by molar-refractivity contribution is 0.482. The lowest BCUT2D eigenvalue weighted by atomic mass is 10.3. The Balaban J connectivity index is 2.16. The third kappa shape index (κ3) is 3.61. The predicted octanol–water partition coefficient (Wildman–Crippen LogP) is 3.37. The summed E-state index contributed by atoms with van der Waals surface area (Å²) in [6, 6.07) is 11.7. The summed E-state index contributed by atoms with van der Waals surface area (Å²) in [7, 11) is 4.02. The molecule has 4 nitrogen and oxygen atoms in total. The molecule has 100 valence electrons. The fourth-order valence-corrected chi connectivity index (χ4v) is 1.71. The van der Waals surface area contributed by atoms with Gasteiger partial charge in [0.2, 0.25) is 0 Å². The van der Waals surface area contributed by atoms with Gasteiger partial charge in [-0.3, -0.25) is 0 Å². The van der Waals surface area contributed by atoms with Crippen molar-refractivity contribution < 1.29 is 4.74 Å². The molecule has 2 rings (SSSR count). The van der Waals surface area contributed by atoms with E-state index < -0.39 is 0 Å². The third-order valence-electron chi connectivity index (χ3n) is 2.66. The molecule has 0 spiro atoms. The van der Waals surface area contributed by atoms with Crippen LogP contribution in [0.1, 0.15) is 6.92 Å². The number of benzene rings is 1. The van der Waals surface area contributed by atoms with Crippen molar-refractivity contribution in [1.82, 2.24) is 4.98 Å². The van der Waals surface area contributed by atoms with E-state index in [4.69, 9.17) is 4.74 Å². The van der Waals surface area contributed by atoms with Crippen LogP contribution in [0.25, 0.3) is 0 Å². The topological polar surface area (TPSA) is 37.4 Å². The molecule has 0 saturated heterocycles. The molecule has 1 aromatic heterocycles. The highest BCUT2D eigenvalue weighted by atomic mass is 16.5. The van der Waals surface area contributed by atoms with Gasteiger partial charge in [-0.1, -0.05) is 6.07 Å². The zero-order chi connectivity index (χ0) is 13.7. The summed E-state index contributed by atoms with van der Waals surface area (Å²) in [4.78, 5) is 6.26. The van der Waals surface area contributed by atoms with Crippen molar-refractivity contribution >= 4 is 11.5 Å². The minimum Gasteiger partial charge on any atom is -0.457 e. The third-order valence-corrected chi connectivity index (χ3v) is 2.66. The molecule has 0 saturated carbocycles. The first kappa shape index (κ1) is 13.2. The molecule has 1 heterocycles. The molecule has 0 fully saturated rings. The van der Waals surface area contributed by atoms with Crippen LogP contribution in [-0.4, -0.2) is 25.6 Å². The molecule has 2 aromatic rings. The maximum absolute atomic E-state index is 5.85. The molecular formula is C15H19N3O. The summed E-state index contributed by atoms with van der Waals surface area (Å²) in [5, 5.41) is 3.16. The highest BCUT2D eigenvalue weighted by Crippen LogP contribution is 2.26. The Labute approximate surface area is 114 Å². The van der Waals surface area contributed by atoms with Crippen LogP contribution in [-0.2, 0) is 0 Å². The average Bonchev–Trinajstić information content (AvgIpc) is 2.40. The van der Waals surface area contributed by atoms with Gasteiger partial charge in [-0.25, -0.2) is 4.98 Å². The molecular weight excluding hydrogens is 238 g/mol. The molecule has 0 aliphatic carbocycles. The number of aromatic nitrogens is 1. The summed E-state index contributed by atoms with van der Waals surface area (Å²) in [5.41, 5.74) is 1.11. The molecule has 0 aliphatic rings. The lowest BCUT2D eigenvalue weighted by Crippen LogP contribution is -2.08. The number of ether oxygens (including phenoxy) is 1. The zero-order valence-electron chi connectivity index (χ0n) is 11.6. The van der Waals surface area contributed by atoms with Crippen LogP contribution in [0.4, 0.5) is 11.5 Å². The van der Waals surface area contributed by atoms with Crippen LogP contribution in [0.5, 0.6) is 11.5 Å². The highest BCUT2D eigenvalue weighted by molar-refractivity contribution is 5.51. The first-order valence-corrected chi connectivity index (χ1v) is 6.34. The average molecular weight is 257 g/mol. The second-order valence-electron chi connectivity index (χ2n) is 4.40. The van der Waals surface area contributed by atoms with E-state index in [2.05, 4.69) is 10.3 Å². The molecule has 1 aromatic carbocycles. The van der Waals surface area contributed by atoms with Gasteiger partial charge in [0.25, 0.3) is 0 Å². The van der Waals surface area contributed by atoms with Crippen molar-refractivity contribution in [3.05, 3.63) is 42.6 Å². The van der Waals surface area contributed by atoms with E-state index in [-0.39, 0.29) is 0 Å². The largest absolute Gasteiger partial charge is 0.457 e. The first-order chi connectivity index (χ1) is 9.19. The smallest absolute Gasteiger partial charge is 0.132 e. The van der Waals surface area contributed by atoms with Crippen molar-refractivity contribution in [3.8, 4) is 11.5 Å². The van der Waals surface area contributed by atoms with E-state index in [1.165, 1.54) is 0 Å². The summed E-state index contributed by atoms with van der Waals surface area (Å²) >= 11 is 0. The Kier molecular flexibility index (Phi) is 4.23. The monoisotopic (exact) mass is 257 g/mol. The summed E-state index contributed by atoms with van der Waals surface area (Å²) in [6.07, 6.45) is 1.74. The SMILES string of the molecule is CCNc1cc(Oc2cccc(N(C)C)c2)ccn1. The molecule has 19 heavy (non-hydrogen) atoms. The normalized spacial score (nSPS) is 10.1. The number of nitrogens with one attached hydrogen (secondary N) is 1. The maximum atomic E-state index is 5.85. The van der Waals surface area contributed by atoms with E-state index in [1.54, 1.807) is 6.20 Å². The van der Waals surface area contributed by atoms with Crippen LogP contribution >= 0.6 is 0 Å². The summed E-state index contributed by atoms with van der Waals surface area (Å²) in [5.74, 6) is 2.42. The Bertz CT molecular complexity index is 540. The van der Waals surface area contributed by atoms with Crippen molar-refractivity contribution in [1.29, 1.82) is 0 Å². The Hall–Kier alpha value is -2.23. The molecule has 0 aliphatic heterocycles. The predicted molar refractivity (Wildman–Crippen MR) is 79.2 cm³/mol. The van der Waals surface area contributed by atoms with Gasteiger partial charge in [-0.2, -0.15) is 0 Å². The van der Waals surface area contributed by atoms with Gasteiger partial charge in [-0.05, 0) is 25.1 Å². The second kappa shape index (κ2) is 6.09. The van der Waals surface area contributed by atoms with E-state index in [1.807, 2.05) is 62.3 Å². The van der Waals surface area contributed by atoms with Crippen molar-refractivity contribution in [2.75, 3.05) is 30.9 Å². The van der Waals surface area contributed by atoms with Gasteiger partial charge >= 0.3 is 0 Å². The van der Waals surface area contributed by atoms with Gasteiger partial charge in [-0.15, -0.1) is 0 Å². The second-order valence-corrected chi connectivity index (χ2v) is 4.40.